The molecule has 0 saturated carbocycles. The van der Waals surface area contributed by atoms with Crippen molar-refractivity contribution in [1.82, 2.24) is 0 Å². The first-order chi connectivity index (χ1) is 6.25. The predicted molar refractivity (Wildman–Crippen MR) is 52.2 cm³/mol. The smallest absolute Gasteiger partial charge is 0.143 e. The van der Waals surface area contributed by atoms with Gasteiger partial charge in [-0.05, 0) is 24.1 Å². The van der Waals surface area contributed by atoms with Crippen LogP contribution < -0.4 is 0 Å². The molecule has 0 bridgehead atoms. The molecule has 1 N–H and O–H groups in total. The maximum absolute atomic E-state index is 10.3. The van der Waals surface area contributed by atoms with Crippen molar-refractivity contribution in [3.63, 3.8) is 0 Å². The van der Waals surface area contributed by atoms with Crippen molar-refractivity contribution < 1.29 is 9.90 Å². The van der Waals surface area contributed by atoms with E-state index in [0.29, 0.717) is 11.9 Å². The summed E-state index contributed by atoms with van der Waals surface area (Å²) >= 11 is 0. The molecule has 1 atom stereocenters. The summed E-state index contributed by atoms with van der Waals surface area (Å²) in [5.74, 6) is 0. The van der Waals surface area contributed by atoms with E-state index in [1.165, 1.54) is 6.08 Å². The third kappa shape index (κ3) is 2.53. The Hall–Kier alpha value is -1.41. The lowest BCUT2D eigenvalue weighted by Crippen LogP contribution is -2.03. The Morgan fingerprint density at radius 3 is 2.46 bits per heavy atom. The fourth-order valence-electron chi connectivity index (χ4n) is 1.18. The van der Waals surface area contributed by atoms with Crippen LogP contribution in [0.1, 0.15) is 12.5 Å². The molecule has 1 aromatic rings. The minimum absolute atomic E-state index is 0.618. The van der Waals surface area contributed by atoms with Gasteiger partial charge in [-0.3, -0.25) is 4.79 Å². The molecule has 68 valence electrons. The van der Waals surface area contributed by atoms with Crippen molar-refractivity contribution in [1.29, 1.82) is 0 Å². The molecule has 0 aliphatic rings. The second kappa shape index (κ2) is 4.58. The molecule has 0 aliphatic heterocycles. The zero-order valence-electron chi connectivity index (χ0n) is 7.47. The van der Waals surface area contributed by atoms with Crippen LogP contribution in [0.15, 0.2) is 36.4 Å². The van der Waals surface area contributed by atoms with Crippen molar-refractivity contribution in [2.45, 2.75) is 13.0 Å². The number of benzene rings is 1. The highest BCUT2D eigenvalue weighted by Crippen LogP contribution is 2.16. The average molecular weight is 176 g/mol. The molecule has 0 fully saturated rings. The van der Waals surface area contributed by atoms with Crippen LogP contribution in [0.25, 0.3) is 5.57 Å². The Balaban J connectivity index is 3.03. The number of aldehydes is 1. The van der Waals surface area contributed by atoms with Gasteiger partial charge in [-0.15, -0.1) is 0 Å². The first kappa shape index (κ1) is 9.68. The van der Waals surface area contributed by atoms with Crippen LogP contribution in [0.4, 0.5) is 0 Å². The lowest BCUT2D eigenvalue weighted by molar-refractivity contribution is -0.104. The molecule has 0 heterocycles. The highest BCUT2D eigenvalue weighted by Gasteiger charge is 2.05. The van der Waals surface area contributed by atoms with E-state index in [1.54, 1.807) is 6.92 Å². The van der Waals surface area contributed by atoms with E-state index in [2.05, 4.69) is 0 Å². The summed E-state index contributed by atoms with van der Waals surface area (Å²) in [6.07, 6.45) is 1.46. The van der Waals surface area contributed by atoms with Crippen LogP contribution in [0.3, 0.4) is 0 Å². The number of allylic oxidation sites excluding steroid dienone is 1. The maximum Gasteiger partial charge on any atom is 0.143 e. The van der Waals surface area contributed by atoms with Gasteiger partial charge in [0.2, 0.25) is 0 Å². The number of carbonyl (C=O) groups is 1. The van der Waals surface area contributed by atoms with E-state index in [0.717, 1.165) is 5.56 Å². The largest absolute Gasteiger partial charge is 0.389 e. The molecule has 0 spiro atoms. The van der Waals surface area contributed by atoms with E-state index in [-0.39, 0.29) is 0 Å². The first-order valence-electron chi connectivity index (χ1n) is 4.14. The second-order valence-electron chi connectivity index (χ2n) is 2.80. The number of carbonyl (C=O) groups excluding carboxylic acids is 1. The van der Waals surface area contributed by atoms with E-state index in [4.69, 9.17) is 0 Å². The molecular weight excluding hydrogens is 164 g/mol. The fraction of sp³-hybridized carbons (Fsp3) is 0.182. The molecule has 0 saturated heterocycles. The fourth-order valence-corrected chi connectivity index (χ4v) is 1.18. The Bertz CT molecular complexity index is 299. The van der Waals surface area contributed by atoms with Crippen LogP contribution in [0, 0.1) is 0 Å². The monoisotopic (exact) mass is 176 g/mol. The summed E-state index contributed by atoms with van der Waals surface area (Å²) < 4.78 is 0. The Labute approximate surface area is 77.5 Å². The van der Waals surface area contributed by atoms with Gasteiger partial charge in [-0.25, -0.2) is 0 Å². The molecule has 13 heavy (non-hydrogen) atoms. The Morgan fingerprint density at radius 2 is 2.00 bits per heavy atom. The van der Waals surface area contributed by atoms with E-state index >= 15 is 0 Å². The summed E-state index contributed by atoms with van der Waals surface area (Å²) in [4.78, 5) is 10.3. The number of rotatable bonds is 3. The minimum atomic E-state index is -0.618. The lowest BCUT2D eigenvalue weighted by atomic mass is 10.0. The van der Waals surface area contributed by atoms with Crippen LogP contribution in [0.5, 0.6) is 0 Å². The van der Waals surface area contributed by atoms with E-state index in [9.17, 15) is 9.90 Å². The van der Waals surface area contributed by atoms with Gasteiger partial charge in [-0.2, -0.15) is 0 Å². The molecule has 1 aromatic carbocycles. The van der Waals surface area contributed by atoms with Gasteiger partial charge < -0.3 is 5.11 Å². The Kier molecular flexibility index (Phi) is 3.41. The van der Waals surface area contributed by atoms with E-state index < -0.39 is 6.10 Å². The molecule has 0 radical (unpaired) electrons. The molecule has 1 unspecified atom stereocenters. The number of hydrogen-bond acceptors (Lipinski definition) is 2. The molecule has 1 rings (SSSR count). The quantitative estimate of drug-likeness (QED) is 0.561. The van der Waals surface area contributed by atoms with Crippen LogP contribution >= 0.6 is 0 Å². The molecule has 0 amide bonds. The highest BCUT2D eigenvalue weighted by molar-refractivity contribution is 5.82. The van der Waals surface area contributed by atoms with Gasteiger partial charge in [0.25, 0.3) is 0 Å². The van der Waals surface area contributed by atoms with Crippen molar-refractivity contribution in [2.24, 2.45) is 0 Å². The summed E-state index contributed by atoms with van der Waals surface area (Å²) in [5, 5.41) is 9.37. The highest BCUT2D eigenvalue weighted by atomic mass is 16.3. The number of aliphatic hydroxyl groups excluding tert-OH is 1. The van der Waals surface area contributed by atoms with Gasteiger partial charge in [0.05, 0.1) is 6.10 Å². The Morgan fingerprint density at radius 1 is 1.38 bits per heavy atom. The summed E-state index contributed by atoms with van der Waals surface area (Å²) in [5.41, 5.74) is 1.53. The first-order valence-corrected chi connectivity index (χ1v) is 4.14. The second-order valence-corrected chi connectivity index (χ2v) is 2.80. The molecular formula is C11H12O2. The van der Waals surface area contributed by atoms with Gasteiger partial charge in [0.1, 0.15) is 6.29 Å². The van der Waals surface area contributed by atoms with Crippen molar-refractivity contribution in [3.05, 3.63) is 42.0 Å². The van der Waals surface area contributed by atoms with Gasteiger partial charge in [0, 0.05) is 0 Å². The third-order valence-corrected chi connectivity index (χ3v) is 1.80. The van der Waals surface area contributed by atoms with Crippen LogP contribution in [-0.2, 0) is 4.79 Å². The zero-order chi connectivity index (χ0) is 9.68. The average Bonchev–Trinajstić information content (AvgIpc) is 2.15. The minimum Gasteiger partial charge on any atom is -0.389 e. The standard InChI is InChI=1S/C11H12O2/c1-9(13)11(7-8-12)10-5-3-2-4-6-10/h2-9,13H,1H3/b11-7-. The number of hydrogen-bond donors (Lipinski definition) is 1. The molecule has 0 aromatic heterocycles. The number of aliphatic hydroxyl groups is 1. The van der Waals surface area contributed by atoms with Crippen molar-refractivity contribution >= 4 is 11.9 Å². The summed E-state index contributed by atoms with van der Waals surface area (Å²) in [6, 6.07) is 9.36. The van der Waals surface area contributed by atoms with Gasteiger partial charge in [0.15, 0.2) is 0 Å². The van der Waals surface area contributed by atoms with Crippen LogP contribution in [-0.4, -0.2) is 17.5 Å². The van der Waals surface area contributed by atoms with Gasteiger partial charge >= 0.3 is 0 Å². The molecule has 0 aliphatic carbocycles. The van der Waals surface area contributed by atoms with Crippen LogP contribution in [0.2, 0.25) is 0 Å². The van der Waals surface area contributed by atoms with E-state index in [1.807, 2.05) is 30.3 Å². The summed E-state index contributed by atoms with van der Waals surface area (Å²) in [6.45, 7) is 1.64. The topological polar surface area (TPSA) is 37.3 Å². The SMILES string of the molecule is CC(O)/C(=C/C=O)c1ccccc1. The summed E-state index contributed by atoms with van der Waals surface area (Å²) in [7, 11) is 0. The molecule has 2 heteroatoms. The maximum atomic E-state index is 10.3. The van der Waals surface area contributed by atoms with Gasteiger partial charge in [-0.1, -0.05) is 30.3 Å². The normalized spacial score (nSPS) is 13.8. The predicted octanol–water partition coefficient (Wildman–Crippen LogP) is 1.65. The third-order valence-electron chi connectivity index (χ3n) is 1.80. The van der Waals surface area contributed by atoms with Crippen molar-refractivity contribution in [2.75, 3.05) is 0 Å². The lowest BCUT2D eigenvalue weighted by Gasteiger charge is -2.08. The molecule has 2 nitrogen and oxygen atoms in total. The van der Waals surface area contributed by atoms with Crippen molar-refractivity contribution in [3.8, 4) is 0 Å². The zero-order valence-corrected chi connectivity index (χ0v) is 7.47.